The van der Waals surface area contributed by atoms with Crippen LogP contribution in [0.4, 0.5) is 5.69 Å². The summed E-state index contributed by atoms with van der Waals surface area (Å²) in [5.41, 5.74) is 0.852. The number of nitrogens with zero attached hydrogens (tertiary/aromatic N) is 1. The summed E-state index contributed by atoms with van der Waals surface area (Å²) in [7, 11) is -3.64. The molecule has 3 rings (SSSR count). The van der Waals surface area contributed by atoms with Gasteiger partial charge in [0.2, 0.25) is 15.9 Å². The fourth-order valence-electron chi connectivity index (χ4n) is 3.19. The highest BCUT2D eigenvalue weighted by Gasteiger charge is 2.32. The number of carbonyl (C=O) groups is 1. The lowest BCUT2D eigenvalue weighted by molar-refractivity contribution is -0.120. The van der Waals surface area contributed by atoms with Crippen LogP contribution in [0.25, 0.3) is 0 Å². The lowest BCUT2D eigenvalue weighted by Crippen LogP contribution is -2.44. The molecule has 1 aliphatic rings. The van der Waals surface area contributed by atoms with Gasteiger partial charge in [-0.05, 0) is 42.7 Å². The SMILES string of the molecule is O=C(Nc1cc(Cl)c(Cl)cc1Cl)C1CCCN(S(=O)(=O)Cc2ccc(Cl)c(Cl)c2)C1. The van der Waals surface area contributed by atoms with Crippen LogP contribution < -0.4 is 5.32 Å². The number of sulfonamides is 1. The van der Waals surface area contributed by atoms with Gasteiger partial charge in [0.05, 0.1) is 42.5 Å². The Kier molecular flexibility index (Phi) is 7.83. The van der Waals surface area contributed by atoms with Gasteiger partial charge >= 0.3 is 0 Å². The summed E-state index contributed by atoms with van der Waals surface area (Å²) in [4.78, 5) is 12.7. The zero-order valence-electron chi connectivity index (χ0n) is 15.5. The van der Waals surface area contributed by atoms with E-state index in [1.165, 1.54) is 22.5 Å². The molecule has 11 heteroatoms. The molecule has 1 atom stereocenters. The van der Waals surface area contributed by atoms with Crippen LogP contribution in [0.3, 0.4) is 0 Å². The summed E-state index contributed by atoms with van der Waals surface area (Å²) >= 11 is 29.9. The molecule has 0 aromatic heterocycles. The first kappa shape index (κ1) is 23.9. The minimum absolute atomic E-state index is 0.0778. The molecule has 1 unspecified atom stereocenters. The number of anilines is 1. The van der Waals surface area contributed by atoms with E-state index in [1.54, 1.807) is 12.1 Å². The van der Waals surface area contributed by atoms with Crippen LogP contribution >= 0.6 is 58.0 Å². The molecule has 30 heavy (non-hydrogen) atoms. The van der Waals surface area contributed by atoms with Crippen molar-refractivity contribution in [3.05, 3.63) is 61.0 Å². The third-order valence-electron chi connectivity index (χ3n) is 4.75. The van der Waals surface area contributed by atoms with Crippen LogP contribution in [0.1, 0.15) is 18.4 Å². The van der Waals surface area contributed by atoms with Crippen molar-refractivity contribution in [3.8, 4) is 0 Å². The first-order valence-electron chi connectivity index (χ1n) is 8.94. The van der Waals surface area contributed by atoms with E-state index in [4.69, 9.17) is 58.0 Å². The molecule has 1 N–H and O–H groups in total. The summed E-state index contributed by atoms with van der Waals surface area (Å²) in [5.74, 6) is -1.07. The van der Waals surface area contributed by atoms with Crippen LogP contribution in [0.2, 0.25) is 25.1 Å². The number of amides is 1. The topological polar surface area (TPSA) is 66.5 Å². The van der Waals surface area contributed by atoms with Gasteiger partial charge in [-0.25, -0.2) is 12.7 Å². The maximum Gasteiger partial charge on any atom is 0.228 e. The molecular formula is C19H17Cl5N2O3S. The molecule has 1 aliphatic heterocycles. The van der Waals surface area contributed by atoms with Gasteiger partial charge in [0.15, 0.2) is 0 Å². The fraction of sp³-hybridized carbons (Fsp3) is 0.316. The van der Waals surface area contributed by atoms with E-state index in [2.05, 4.69) is 5.32 Å². The van der Waals surface area contributed by atoms with Gasteiger partial charge in [-0.15, -0.1) is 0 Å². The Labute approximate surface area is 200 Å². The number of hydrogen-bond acceptors (Lipinski definition) is 3. The van der Waals surface area contributed by atoms with Crippen LogP contribution in [-0.4, -0.2) is 31.7 Å². The van der Waals surface area contributed by atoms with E-state index in [1.807, 2.05) is 0 Å². The van der Waals surface area contributed by atoms with Gasteiger partial charge in [-0.2, -0.15) is 0 Å². The highest BCUT2D eigenvalue weighted by atomic mass is 35.5. The lowest BCUT2D eigenvalue weighted by Gasteiger charge is -2.31. The molecule has 0 aliphatic carbocycles. The third-order valence-corrected chi connectivity index (χ3v) is 8.34. The van der Waals surface area contributed by atoms with Crippen molar-refractivity contribution in [1.29, 1.82) is 0 Å². The maximum atomic E-state index is 12.9. The standard InChI is InChI=1S/C19H17Cl5N2O3S/c20-13-4-3-11(6-14(13)21)10-30(28,29)26-5-1-2-12(9-26)19(27)25-18-8-16(23)15(22)7-17(18)24/h3-4,6-8,12H,1-2,5,9-10H2,(H,25,27). The van der Waals surface area contributed by atoms with Crippen LogP contribution in [0, 0.1) is 5.92 Å². The molecule has 0 radical (unpaired) electrons. The highest BCUT2D eigenvalue weighted by Crippen LogP contribution is 2.33. The number of nitrogens with one attached hydrogen (secondary N) is 1. The van der Waals surface area contributed by atoms with E-state index in [9.17, 15) is 13.2 Å². The molecule has 5 nitrogen and oxygen atoms in total. The summed E-state index contributed by atoms with van der Waals surface area (Å²) in [5, 5.41) is 4.14. The number of piperidine rings is 1. The van der Waals surface area contributed by atoms with Gasteiger partial charge in [-0.3, -0.25) is 4.79 Å². The van der Waals surface area contributed by atoms with Crippen molar-refractivity contribution in [1.82, 2.24) is 4.31 Å². The second-order valence-corrected chi connectivity index (χ2v) is 10.9. The normalized spacial score (nSPS) is 17.7. The zero-order chi connectivity index (χ0) is 22.1. The summed E-state index contributed by atoms with van der Waals surface area (Å²) in [6.45, 7) is 0.426. The molecule has 1 fully saturated rings. The number of hydrogen-bond donors (Lipinski definition) is 1. The predicted molar refractivity (Wildman–Crippen MR) is 123 cm³/mol. The Balaban J connectivity index is 1.70. The fourth-order valence-corrected chi connectivity index (χ4v) is 5.71. The second kappa shape index (κ2) is 9.82. The smallest absolute Gasteiger partial charge is 0.228 e. The molecule has 0 saturated carbocycles. The van der Waals surface area contributed by atoms with Crippen molar-refractivity contribution >= 4 is 79.6 Å². The first-order valence-corrected chi connectivity index (χ1v) is 12.4. The lowest BCUT2D eigenvalue weighted by atomic mass is 9.98. The Morgan fingerprint density at radius 3 is 2.33 bits per heavy atom. The average molecular weight is 531 g/mol. The molecule has 0 bridgehead atoms. The Morgan fingerprint density at radius 1 is 0.967 bits per heavy atom. The van der Waals surface area contributed by atoms with Crippen molar-refractivity contribution in [2.75, 3.05) is 18.4 Å². The number of halogens is 5. The molecule has 1 saturated heterocycles. The van der Waals surface area contributed by atoms with Crippen molar-refractivity contribution in [3.63, 3.8) is 0 Å². The number of benzene rings is 2. The molecule has 2 aromatic rings. The highest BCUT2D eigenvalue weighted by molar-refractivity contribution is 7.88. The van der Waals surface area contributed by atoms with E-state index in [0.29, 0.717) is 40.7 Å². The van der Waals surface area contributed by atoms with Gasteiger partial charge in [0.25, 0.3) is 0 Å². The number of rotatable bonds is 5. The molecule has 162 valence electrons. The van der Waals surface area contributed by atoms with Gasteiger partial charge < -0.3 is 5.32 Å². The molecule has 2 aromatic carbocycles. The average Bonchev–Trinajstić information content (AvgIpc) is 2.69. The van der Waals surface area contributed by atoms with Crippen molar-refractivity contribution < 1.29 is 13.2 Å². The van der Waals surface area contributed by atoms with Crippen molar-refractivity contribution in [2.45, 2.75) is 18.6 Å². The van der Waals surface area contributed by atoms with Gasteiger partial charge in [-0.1, -0.05) is 64.1 Å². The van der Waals surface area contributed by atoms with Gasteiger partial charge in [0, 0.05) is 13.1 Å². The first-order chi connectivity index (χ1) is 14.1. The zero-order valence-corrected chi connectivity index (χ0v) is 20.1. The third kappa shape index (κ3) is 5.74. The Morgan fingerprint density at radius 2 is 1.63 bits per heavy atom. The quantitative estimate of drug-likeness (QED) is 0.473. The molecular weight excluding hydrogens is 514 g/mol. The van der Waals surface area contributed by atoms with E-state index < -0.39 is 15.9 Å². The monoisotopic (exact) mass is 528 g/mol. The van der Waals surface area contributed by atoms with Gasteiger partial charge in [0.1, 0.15) is 0 Å². The van der Waals surface area contributed by atoms with Crippen LogP contribution in [0.5, 0.6) is 0 Å². The number of carbonyl (C=O) groups excluding carboxylic acids is 1. The van der Waals surface area contributed by atoms with Crippen molar-refractivity contribution in [2.24, 2.45) is 5.92 Å². The largest absolute Gasteiger partial charge is 0.324 e. The Hall–Kier alpha value is -0.730. The van der Waals surface area contributed by atoms with Crippen LogP contribution in [-0.2, 0) is 20.6 Å². The van der Waals surface area contributed by atoms with E-state index >= 15 is 0 Å². The molecule has 1 amide bonds. The predicted octanol–water partition coefficient (Wildman–Crippen LogP) is 6.13. The van der Waals surface area contributed by atoms with Crippen LogP contribution in [0.15, 0.2) is 30.3 Å². The molecule has 1 heterocycles. The second-order valence-electron chi connectivity index (χ2n) is 6.94. The van der Waals surface area contributed by atoms with E-state index in [0.717, 1.165) is 0 Å². The Bertz CT molecular complexity index is 1080. The minimum atomic E-state index is -3.64. The minimum Gasteiger partial charge on any atom is -0.324 e. The molecule has 0 spiro atoms. The van der Waals surface area contributed by atoms with E-state index in [-0.39, 0.29) is 33.3 Å². The summed E-state index contributed by atoms with van der Waals surface area (Å²) < 4.78 is 27.1. The maximum absolute atomic E-state index is 12.9. The summed E-state index contributed by atoms with van der Waals surface area (Å²) in [6, 6.07) is 7.61. The summed E-state index contributed by atoms with van der Waals surface area (Å²) in [6.07, 6.45) is 1.12.